The molecule has 1 aliphatic carbocycles. The molecule has 0 aliphatic heterocycles. The number of nitrogens with zero attached hydrogens (tertiary/aromatic N) is 5. The minimum Gasteiger partial charge on any atom is -0.476 e. The van der Waals surface area contributed by atoms with E-state index < -0.39 is 42.6 Å². The van der Waals surface area contributed by atoms with E-state index in [0.29, 0.717) is 5.82 Å². The third-order valence-electron chi connectivity index (χ3n) is 4.99. The number of alkyl halides is 4. The van der Waals surface area contributed by atoms with E-state index in [2.05, 4.69) is 34.8 Å². The van der Waals surface area contributed by atoms with Crippen LogP contribution in [0.1, 0.15) is 64.2 Å². The quantitative estimate of drug-likeness (QED) is 0.393. The molecule has 1 aliphatic rings. The Kier molecular flexibility index (Phi) is 6.98. The van der Waals surface area contributed by atoms with Crippen LogP contribution in [0.25, 0.3) is 5.82 Å². The van der Waals surface area contributed by atoms with Gasteiger partial charge in [0.15, 0.2) is 23.2 Å². The first kappa shape index (κ1) is 24.8. The van der Waals surface area contributed by atoms with Gasteiger partial charge in [-0.3, -0.25) is 4.79 Å². The van der Waals surface area contributed by atoms with Gasteiger partial charge in [-0.05, 0) is 31.9 Å². The van der Waals surface area contributed by atoms with Crippen LogP contribution in [0.3, 0.4) is 0 Å². The van der Waals surface area contributed by atoms with Crippen molar-refractivity contribution in [2.24, 2.45) is 0 Å². The number of aromatic carboxylic acids is 1. The van der Waals surface area contributed by atoms with Gasteiger partial charge in [-0.1, -0.05) is 0 Å². The minimum absolute atomic E-state index is 0.122. The van der Waals surface area contributed by atoms with Crippen LogP contribution >= 0.6 is 0 Å². The molecule has 0 unspecified atom stereocenters. The second-order valence-corrected chi connectivity index (χ2v) is 7.72. The summed E-state index contributed by atoms with van der Waals surface area (Å²) < 4.78 is 60.4. The highest BCUT2D eigenvalue weighted by Crippen LogP contribution is 2.38. The smallest absolute Gasteiger partial charge is 0.387 e. The fourth-order valence-corrected chi connectivity index (χ4v) is 3.23. The maximum Gasteiger partial charge on any atom is 0.387 e. The molecule has 0 spiro atoms. The average molecular weight is 510 g/mol. The molecule has 11 nitrogen and oxygen atoms in total. The molecule has 1 saturated carbocycles. The van der Waals surface area contributed by atoms with Gasteiger partial charge in [0.2, 0.25) is 0 Å². The van der Waals surface area contributed by atoms with Gasteiger partial charge >= 0.3 is 19.2 Å². The number of benzene rings is 1. The number of ether oxygens (including phenoxy) is 2. The summed E-state index contributed by atoms with van der Waals surface area (Å²) >= 11 is 0. The predicted molar refractivity (Wildman–Crippen MR) is 111 cm³/mol. The molecule has 2 heterocycles. The van der Waals surface area contributed by atoms with Crippen LogP contribution in [0, 0.1) is 0 Å². The molecule has 1 fully saturated rings. The first-order chi connectivity index (χ1) is 17.1. The fraction of sp³-hybridized carbons (Fsp3) is 0.333. The second kappa shape index (κ2) is 10.1. The molecule has 2 N–H and O–H groups in total. The Morgan fingerprint density at radius 1 is 1.06 bits per heavy atom. The van der Waals surface area contributed by atoms with Crippen molar-refractivity contribution >= 4 is 11.9 Å². The predicted octanol–water partition coefficient (Wildman–Crippen LogP) is 3.33. The summed E-state index contributed by atoms with van der Waals surface area (Å²) in [4.78, 5) is 36.3. The number of carbonyl (C=O) groups excluding carboxylic acids is 1. The zero-order valence-electron chi connectivity index (χ0n) is 18.4. The molecule has 36 heavy (non-hydrogen) atoms. The number of carbonyl (C=O) groups is 2. The standard InChI is InChI=1S/C21H18F4N6O5/c1-9(28-18(32)11-4-12(35-20(22)23)6-13(5-11)36-21(24)25)17-29-16(10-2-3-10)30-31(17)15-8-26-14(7-27-15)19(33)34/h4-10,20-21H,2-3H2,1H3,(H,28,32)(H,33,34)/t9-/m0/s1. The van der Waals surface area contributed by atoms with Gasteiger partial charge in [-0.2, -0.15) is 22.2 Å². The van der Waals surface area contributed by atoms with E-state index >= 15 is 0 Å². The van der Waals surface area contributed by atoms with Crippen LogP contribution in [0.5, 0.6) is 11.5 Å². The normalized spacial score (nSPS) is 14.1. The van der Waals surface area contributed by atoms with Crippen LogP contribution in [0.2, 0.25) is 0 Å². The summed E-state index contributed by atoms with van der Waals surface area (Å²) in [6.07, 6.45) is 3.98. The van der Waals surface area contributed by atoms with Crippen molar-refractivity contribution in [3.8, 4) is 17.3 Å². The van der Waals surface area contributed by atoms with Crippen molar-refractivity contribution in [3.63, 3.8) is 0 Å². The number of carboxylic acid groups (broad SMARTS) is 1. The first-order valence-corrected chi connectivity index (χ1v) is 10.5. The van der Waals surface area contributed by atoms with E-state index in [4.69, 9.17) is 5.11 Å². The van der Waals surface area contributed by atoms with E-state index in [1.54, 1.807) is 6.92 Å². The number of aromatic nitrogens is 5. The second-order valence-electron chi connectivity index (χ2n) is 7.72. The molecular weight excluding hydrogens is 492 g/mol. The molecule has 0 radical (unpaired) electrons. The van der Waals surface area contributed by atoms with Crippen LogP contribution in [0.4, 0.5) is 17.6 Å². The summed E-state index contributed by atoms with van der Waals surface area (Å²) in [5, 5.41) is 16.0. The van der Waals surface area contributed by atoms with E-state index in [9.17, 15) is 27.2 Å². The van der Waals surface area contributed by atoms with Crippen molar-refractivity contribution in [1.29, 1.82) is 0 Å². The summed E-state index contributed by atoms with van der Waals surface area (Å²) in [7, 11) is 0. The molecule has 2 aromatic heterocycles. The number of amides is 1. The van der Waals surface area contributed by atoms with Crippen molar-refractivity contribution in [2.45, 2.75) is 44.9 Å². The molecular formula is C21H18F4N6O5. The van der Waals surface area contributed by atoms with Gasteiger partial charge in [-0.15, -0.1) is 5.10 Å². The Bertz CT molecular complexity index is 1240. The molecule has 0 saturated heterocycles. The van der Waals surface area contributed by atoms with E-state index in [1.807, 2.05) is 0 Å². The third-order valence-corrected chi connectivity index (χ3v) is 4.99. The van der Waals surface area contributed by atoms with E-state index in [0.717, 1.165) is 37.2 Å². The van der Waals surface area contributed by atoms with E-state index in [1.165, 1.54) is 10.9 Å². The summed E-state index contributed by atoms with van der Waals surface area (Å²) in [5.41, 5.74) is -0.563. The number of hydrogen-bond acceptors (Lipinski definition) is 8. The van der Waals surface area contributed by atoms with Crippen molar-refractivity contribution in [2.75, 3.05) is 0 Å². The van der Waals surface area contributed by atoms with Crippen LogP contribution in [-0.2, 0) is 0 Å². The third kappa shape index (κ3) is 5.84. The largest absolute Gasteiger partial charge is 0.476 e. The molecule has 15 heteroatoms. The molecule has 1 amide bonds. The van der Waals surface area contributed by atoms with Crippen LogP contribution in [0.15, 0.2) is 30.6 Å². The molecule has 1 aromatic carbocycles. The lowest BCUT2D eigenvalue weighted by atomic mass is 10.1. The summed E-state index contributed by atoms with van der Waals surface area (Å²) in [6, 6.07) is 1.86. The van der Waals surface area contributed by atoms with Gasteiger partial charge in [0.25, 0.3) is 5.91 Å². The molecule has 190 valence electrons. The van der Waals surface area contributed by atoms with Crippen molar-refractivity contribution in [1.82, 2.24) is 30.0 Å². The Morgan fingerprint density at radius 3 is 2.19 bits per heavy atom. The Labute approximate surface area is 200 Å². The van der Waals surface area contributed by atoms with Gasteiger partial charge in [0.1, 0.15) is 11.5 Å². The lowest BCUT2D eigenvalue weighted by Gasteiger charge is -2.15. The number of hydrogen-bond donors (Lipinski definition) is 2. The number of halogens is 4. The van der Waals surface area contributed by atoms with Gasteiger partial charge in [0.05, 0.1) is 18.4 Å². The first-order valence-electron chi connectivity index (χ1n) is 10.5. The fourth-order valence-electron chi connectivity index (χ4n) is 3.23. The highest BCUT2D eigenvalue weighted by atomic mass is 19.3. The number of carboxylic acids is 1. The topological polar surface area (TPSA) is 141 Å². The van der Waals surface area contributed by atoms with Crippen molar-refractivity contribution in [3.05, 3.63) is 53.5 Å². The zero-order chi connectivity index (χ0) is 26.0. The Morgan fingerprint density at radius 2 is 1.69 bits per heavy atom. The van der Waals surface area contributed by atoms with Gasteiger partial charge in [0, 0.05) is 17.5 Å². The van der Waals surface area contributed by atoms with Gasteiger partial charge in [-0.25, -0.2) is 19.7 Å². The van der Waals surface area contributed by atoms with Crippen LogP contribution < -0.4 is 14.8 Å². The molecule has 4 rings (SSSR count). The highest BCUT2D eigenvalue weighted by molar-refractivity contribution is 5.95. The Balaban J connectivity index is 1.61. The maximum atomic E-state index is 12.9. The van der Waals surface area contributed by atoms with Gasteiger partial charge < -0.3 is 19.9 Å². The van der Waals surface area contributed by atoms with Crippen LogP contribution in [-0.4, -0.2) is 54.9 Å². The molecule has 0 bridgehead atoms. The highest BCUT2D eigenvalue weighted by Gasteiger charge is 2.31. The minimum atomic E-state index is -3.25. The lowest BCUT2D eigenvalue weighted by molar-refractivity contribution is -0.0543. The molecule has 3 aromatic rings. The zero-order valence-corrected chi connectivity index (χ0v) is 18.4. The Hall–Kier alpha value is -4.30. The number of rotatable bonds is 10. The summed E-state index contributed by atoms with van der Waals surface area (Å²) in [5.74, 6) is -2.19. The number of nitrogens with one attached hydrogen (secondary N) is 1. The lowest BCUT2D eigenvalue weighted by Crippen LogP contribution is -2.29. The maximum absolute atomic E-state index is 12.9. The molecule has 1 atom stereocenters. The summed E-state index contributed by atoms with van der Waals surface area (Å²) in [6.45, 7) is -4.95. The average Bonchev–Trinajstić information content (AvgIpc) is 3.56. The van der Waals surface area contributed by atoms with E-state index in [-0.39, 0.29) is 28.8 Å². The van der Waals surface area contributed by atoms with Crippen molar-refractivity contribution < 1.29 is 41.7 Å². The monoisotopic (exact) mass is 510 g/mol. The SMILES string of the molecule is C[C@H](NC(=O)c1cc(OC(F)F)cc(OC(F)F)c1)c1nc(C2CC2)nn1-c1cnc(C(=O)O)cn1.